The summed E-state index contributed by atoms with van der Waals surface area (Å²) in [6.45, 7) is 4.27. The van der Waals surface area contributed by atoms with Crippen LogP contribution in [0.1, 0.15) is 23.1 Å². The Hall–Kier alpha value is -3.06. The zero-order valence-electron chi connectivity index (χ0n) is 16.3. The summed E-state index contributed by atoms with van der Waals surface area (Å²) in [6, 6.07) is 13.6. The normalized spacial score (nSPS) is 10.6. The third-order valence-electron chi connectivity index (χ3n) is 4.45. The number of carbonyl (C=O) groups excluding carboxylic acids is 2. The molecule has 0 saturated carbocycles. The van der Waals surface area contributed by atoms with Crippen LogP contribution in [0.25, 0.3) is 10.6 Å². The van der Waals surface area contributed by atoms with Crippen LogP contribution < -0.4 is 10.6 Å². The first kappa shape index (κ1) is 20.7. The van der Waals surface area contributed by atoms with Crippen LogP contribution in [0.5, 0.6) is 0 Å². The molecule has 2 N–H and O–H groups in total. The van der Waals surface area contributed by atoms with Gasteiger partial charge in [0, 0.05) is 29.1 Å². The number of nitrogens with one attached hydrogen (secondary N) is 2. The first-order chi connectivity index (χ1) is 14.0. The second kappa shape index (κ2) is 9.43. The summed E-state index contributed by atoms with van der Waals surface area (Å²) in [5, 5.41) is 6.03. The van der Waals surface area contributed by atoms with Crippen LogP contribution in [0.3, 0.4) is 0 Å². The summed E-state index contributed by atoms with van der Waals surface area (Å²) in [7, 11) is 0. The maximum atomic E-state index is 13.1. The number of hydrogen-bond acceptors (Lipinski definition) is 4. The van der Waals surface area contributed by atoms with E-state index in [1.165, 1.54) is 23.5 Å². The molecule has 7 heteroatoms. The van der Waals surface area contributed by atoms with Gasteiger partial charge in [-0.15, -0.1) is 11.3 Å². The summed E-state index contributed by atoms with van der Waals surface area (Å²) in [6.07, 6.45) is 1.48. The Morgan fingerprint density at radius 2 is 1.72 bits per heavy atom. The largest absolute Gasteiger partial charge is 0.347 e. The molecule has 1 heterocycles. The minimum Gasteiger partial charge on any atom is -0.347 e. The van der Waals surface area contributed by atoms with Gasteiger partial charge in [-0.1, -0.05) is 19.1 Å². The summed E-state index contributed by atoms with van der Waals surface area (Å²) in [4.78, 5) is 29.6. The van der Waals surface area contributed by atoms with E-state index in [0.717, 1.165) is 33.1 Å². The van der Waals surface area contributed by atoms with Crippen LogP contribution in [-0.2, 0) is 22.4 Å². The van der Waals surface area contributed by atoms with Gasteiger partial charge < -0.3 is 10.6 Å². The Bertz CT molecular complexity index is 998. The van der Waals surface area contributed by atoms with E-state index in [-0.39, 0.29) is 5.82 Å². The van der Waals surface area contributed by atoms with Crippen molar-refractivity contribution >= 4 is 28.8 Å². The van der Waals surface area contributed by atoms with Crippen LogP contribution in [0.2, 0.25) is 0 Å². The molecular formula is C22H22FN3O2S. The molecule has 1 aromatic heterocycles. The lowest BCUT2D eigenvalue weighted by Crippen LogP contribution is -2.36. The standard InChI is InChI=1S/C22H22FN3O2S/c1-3-15-4-10-18(11-5-15)26-21(28)20(27)24-13-12-19-14(2)25-22(29-19)16-6-8-17(23)9-7-16/h4-11H,3,12-13H2,1-2H3,(H,24,27)(H,26,28). The van der Waals surface area contributed by atoms with Crippen molar-refractivity contribution in [2.75, 3.05) is 11.9 Å². The van der Waals surface area contributed by atoms with Gasteiger partial charge in [0.05, 0.1) is 5.69 Å². The summed E-state index contributed by atoms with van der Waals surface area (Å²) >= 11 is 1.50. The molecule has 5 nitrogen and oxygen atoms in total. The predicted molar refractivity (Wildman–Crippen MR) is 113 cm³/mol. The van der Waals surface area contributed by atoms with Crippen molar-refractivity contribution in [2.24, 2.45) is 0 Å². The average molecular weight is 412 g/mol. The third-order valence-corrected chi connectivity index (χ3v) is 5.71. The highest BCUT2D eigenvalue weighted by molar-refractivity contribution is 7.15. The maximum Gasteiger partial charge on any atom is 0.313 e. The average Bonchev–Trinajstić information content (AvgIpc) is 3.09. The van der Waals surface area contributed by atoms with E-state index < -0.39 is 11.8 Å². The highest BCUT2D eigenvalue weighted by Crippen LogP contribution is 2.28. The number of benzene rings is 2. The first-order valence-corrected chi connectivity index (χ1v) is 10.2. The van der Waals surface area contributed by atoms with Crippen molar-refractivity contribution in [1.29, 1.82) is 0 Å². The number of aryl methyl sites for hydroxylation is 2. The smallest absolute Gasteiger partial charge is 0.313 e. The highest BCUT2D eigenvalue weighted by atomic mass is 32.1. The Balaban J connectivity index is 1.51. The zero-order valence-corrected chi connectivity index (χ0v) is 17.1. The lowest BCUT2D eigenvalue weighted by atomic mass is 10.1. The van der Waals surface area contributed by atoms with Gasteiger partial charge in [0.25, 0.3) is 0 Å². The van der Waals surface area contributed by atoms with Gasteiger partial charge in [0.2, 0.25) is 0 Å². The SMILES string of the molecule is CCc1ccc(NC(=O)C(=O)NCCc2sc(-c3ccc(F)cc3)nc2C)cc1. The van der Waals surface area contributed by atoms with Crippen molar-refractivity contribution in [2.45, 2.75) is 26.7 Å². The molecule has 3 rings (SSSR count). The van der Waals surface area contributed by atoms with Gasteiger partial charge in [-0.05, 0) is 55.3 Å². The van der Waals surface area contributed by atoms with Crippen molar-refractivity contribution < 1.29 is 14.0 Å². The summed E-state index contributed by atoms with van der Waals surface area (Å²) in [5.41, 5.74) is 3.46. The molecule has 0 fully saturated rings. The van der Waals surface area contributed by atoms with Gasteiger partial charge in [-0.2, -0.15) is 0 Å². The molecule has 0 spiro atoms. The van der Waals surface area contributed by atoms with Gasteiger partial charge in [-0.3, -0.25) is 9.59 Å². The number of thiazole rings is 1. The highest BCUT2D eigenvalue weighted by Gasteiger charge is 2.14. The third kappa shape index (κ3) is 5.48. The molecule has 2 aromatic carbocycles. The molecular weight excluding hydrogens is 389 g/mol. The van der Waals surface area contributed by atoms with Crippen molar-refractivity contribution in [3.05, 3.63) is 70.5 Å². The quantitative estimate of drug-likeness (QED) is 0.600. The van der Waals surface area contributed by atoms with Gasteiger partial charge in [0.1, 0.15) is 10.8 Å². The Labute approximate surface area is 173 Å². The van der Waals surface area contributed by atoms with Crippen LogP contribution in [0.4, 0.5) is 10.1 Å². The minimum atomic E-state index is -0.692. The predicted octanol–water partition coefficient (Wildman–Crippen LogP) is 4.12. The molecule has 0 aliphatic rings. The van der Waals surface area contributed by atoms with E-state index in [1.807, 2.05) is 19.1 Å². The first-order valence-electron chi connectivity index (χ1n) is 9.36. The van der Waals surface area contributed by atoms with Crippen molar-refractivity contribution in [3.8, 4) is 10.6 Å². The molecule has 0 atom stereocenters. The monoisotopic (exact) mass is 411 g/mol. The second-order valence-electron chi connectivity index (χ2n) is 6.54. The maximum absolute atomic E-state index is 13.1. The van der Waals surface area contributed by atoms with Crippen molar-refractivity contribution in [3.63, 3.8) is 0 Å². The van der Waals surface area contributed by atoms with Crippen LogP contribution in [0.15, 0.2) is 48.5 Å². The molecule has 0 aliphatic carbocycles. The number of halogens is 1. The van der Waals surface area contributed by atoms with E-state index in [1.54, 1.807) is 24.3 Å². The Kier molecular flexibility index (Phi) is 6.72. The number of aromatic nitrogens is 1. The van der Waals surface area contributed by atoms with E-state index in [0.29, 0.717) is 18.7 Å². The van der Waals surface area contributed by atoms with Crippen molar-refractivity contribution in [1.82, 2.24) is 10.3 Å². The van der Waals surface area contributed by atoms with E-state index >= 15 is 0 Å². The number of anilines is 1. The number of carbonyl (C=O) groups is 2. The molecule has 0 saturated heterocycles. The fourth-order valence-corrected chi connectivity index (χ4v) is 3.82. The van der Waals surface area contributed by atoms with Gasteiger partial charge >= 0.3 is 11.8 Å². The van der Waals surface area contributed by atoms with Gasteiger partial charge in [-0.25, -0.2) is 9.37 Å². The second-order valence-corrected chi connectivity index (χ2v) is 7.63. The number of amides is 2. The van der Waals surface area contributed by atoms with E-state index in [9.17, 15) is 14.0 Å². The molecule has 150 valence electrons. The molecule has 29 heavy (non-hydrogen) atoms. The Morgan fingerprint density at radius 3 is 2.38 bits per heavy atom. The molecule has 0 radical (unpaired) electrons. The Morgan fingerprint density at radius 1 is 1.03 bits per heavy atom. The topological polar surface area (TPSA) is 71.1 Å². The van der Waals surface area contributed by atoms with Crippen LogP contribution in [-0.4, -0.2) is 23.3 Å². The van der Waals surface area contributed by atoms with Gasteiger partial charge in [0.15, 0.2) is 0 Å². The number of hydrogen-bond donors (Lipinski definition) is 2. The minimum absolute atomic E-state index is 0.287. The fourth-order valence-electron chi connectivity index (χ4n) is 2.76. The molecule has 0 unspecified atom stereocenters. The summed E-state index contributed by atoms with van der Waals surface area (Å²) < 4.78 is 13.1. The molecule has 3 aromatic rings. The lowest BCUT2D eigenvalue weighted by Gasteiger charge is -2.07. The lowest BCUT2D eigenvalue weighted by molar-refractivity contribution is -0.136. The molecule has 2 amide bonds. The molecule has 0 bridgehead atoms. The van der Waals surface area contributed by atoms with E-state index in [2.05, 4.69) is 22.5 Å². The van der Waals surface area contributed by atoms with Crippen LogP contribution >= 0.6 is 11.3 Å². The van der Waals surface area contributed by atoms with Crippen LogP contribution in [0, 0.1) is 12.7 Å². The number of rotatable bonds is 6. The molecule has 0 aliphatic heterocycles. The fraction of sp³-hybridized carbons (Fsp3) is 0.227. The number of nitrogens with zero attached hydrogens (tertiary/aromatic N) is 1. The van der Waals surface area contributed by atoms with E-state index in [4.69, 9.17) is 0 Å². The summed E-state index contributed by atoms with van der Waals surface area (Å²) in [5.74, 6) is -1.66. The zero-order chi connectivity index (χ0) is 20.8.